The highest BCUT2D eigenvalue weighted by Crippen LogP contribution is 2.34. The molecule has 0 radical (unpaired) electrons. The van der Waals surface area contributed by atoms with E-state index in [2.05, 4.69) is 32.0 Å². The Labute approximate surface area is 110 Å². The van der Waals surface area contributed by atoms with Crippen molar-refractivity contribution in [3.05, 3.63) is 35.4 Å². The molecule has 0 bridgehead atoms. The van der Waals surface area contributed by atoms with Crippen molar-refractivity contribution in [2.75, 3.05) is 6.61 Å². The molecule has 0 saturated heterocycles. The SMILES string of the molecule is CC(C)OCCC1CCCc2ccccc2C1O. The lowest BCUT2D eigenvalue weighted by atomic mass is 9.91. The van der Waals surface area contributed by atoms with Crippen molar-refractivity contribution < 1.29 is 9.84 Å². The number of aliphatic hydroxyl groups excluding tert-OH is 1. The van der Waals surface area contributed by atoms with Gasteiger partial charge in [0.05, 0.1) is 12.2 Å². The number of hydrogen-bond acceptors (Lipinski definition) is 2. The Morgan fingerprint density at radius 2 is 2.11 bits per heavy atom. The average Bonchev–Trinajstić information content (AvgIpc) is 2.50. The maximum atomic E-state index is 10.5. The maximum Gasteiger partial charge on any atom is 0.0821 e. The van der Waals surface area contributed by atoms with E-state index in [1.807, 2.05) is 6.07 Å². The lowest BCUT2D eigenvalue weighted by Crippen LogP contribution is -2.15. The summed E-state index contributed by atoms with van der Waals surface area (Å²) in [6.07, 6.45) is 4.26. The molecule has 100 valence electrons. The lowest BCUT2D eigenvalue weighted by molar-refractivity contribution is 0.0381. The van der Waals surface area contributed by atoms with Gasteiger partial charge in [0.1, 0.15) is 0 Å². The molecule has 1 aromatic rings. The number of rotatable bonds is 4. The van der Waals surface area contributed by atoms with E-state index >= 15 is 0 Å². The third-order valence-corrected chi connectivity index (χ3v) is 3.78. The fourth-order valence-corrected chi connectivity index (χ4v) is 2.77. The van der Waals surface area contributed by atoms with Crippen LogP contribution >= 0.6 is 0 Å². The largest absolute Gasteiger partial charge is 0.388 e. The zero-order valence-electron chi connectivity index (χ0n) is 11.4. The first-order chi connectivity index (χ1) is 8.68. The molecule has 2 heteroatoms. The van der Waals surface area contributed by atoms with Crippen LogP contribution in [0.25, 0.3) is 0 Å². The third kappa shape index (κ3) is 3.33. The summed E-state index contributed by atoms with van der Waals surface area (Å²) in [5, 5.41) is 10.5. The quantitative estimate of drug-likeness (QED) is 0.827. The first-order valence-corrected chi connectivity index (χ1v) is 7.06. The normalized spacial score (nSPS) is 23.8. The van der Waals surface area contributed by atoms with Crippen LogP contribution in [0.1, 0.15) is 50.3 Å². The molecular weight excluding hydrogens is 224 g/mol. The van der Waals surface area contributed by atoms with Crippen molar-refractivity contribution in [3.63, 3.8) is 0 Å². The zero-order valence-corrected chi connectivity index (χ0v) is 11.4. The van der Waals surface area contributed by atoms with Gasteiger partial charge in [-0.1, -0.05) is 24.3 Å². The number of ether oxygens (including phenoxy) is 1. The van der Waals surface area contributed by atoms with E-state index in [-0.39, 0.29) is 12.2 Å². The predicted molar refractivity (Wildman–Crippen MR) is 73.5 cm³/mol. The molecule has 2 unspecified atom stereocenters. The molecule has 1 N–H and O–H groups in total. The lowest BCUT2D eigenvalue weighted by Gasteiger charge is -2.22. The summed E-state index contributed by atoms with van der Waals surface area (Å²) in [7, 11) is 0. The molecule has 18 heavy (non-hydrogen) atoms. The minimum atomic E-state index is -0.320. The number of aliphatic hydroxyl groups is 1. The van der Waals surface area contributed by atoms with Crippen molar-refractivity contribution >= 4 is 0 Å². The topological polar surface area (TPSA) is 29.5 Å². The molecule has 0 heterocycles. The van der Waals surface area contributed by atoms with Gasteiger partial charge in [0.15, 0.2) is 0 Å². The van der Waals surface area contributed by atoms with Crippen molar-refractivity contribution in [1.82, 2.24) is 0 Å². The van der Waals surface area contributed by atoms with Crippen LogP contribution in [0.2, 0.25) is 0 Å². The van der Waals surface area contributed by atoms with Gasteiger partial charge in [-0.25, -0.2) is 0 Å². The van der Waals surface area contributed by atoms with Gasteiger partial charge in [-0.15, -0.1) is 0 Å². The van der Waals surface area contributed by atoms with Gasteiger partial charge < -0.3 is 9.84 Å². The molecular formula is C16H24O2. The van der Waals surface area contributed by atoms with Crippen molar-refractivity contribution in [1.29, 1.82) is 0 Å². The molecule has 2 atom stereocenters. The Kier molecular flexibility index (Phi) is 4.79. The van der Waals surface area contributed by atoms with Gasteiger partial charge in [0, 0.05) is 6.61 Å². The van der Waals surface area contributed by atoms with Crippen LogP contribution in [0.4, 0.5) is 0 Å². The summed E-state index contributed by atoms with van der Waals surface area (Å²) in [4.78, 5) is 0. The van der Waals surface area contributed by atoms with Crippen molar-refractivity contribution in [2.45, 2.75) is 51.7 Å². The summed E-state index contributed by atoms with van der Waals surface area (Å²) < 4.78 is 5.61. The van der Waals surface area contributed by atoms with Crippen molar-refractivity contribution in [2.24, 2.45) is 5.92 Å². The summed E-state index contributed by atoms with van der Waals surface area (Å²) in [5.74, 6) is 0.340. The molecule has 1 aromatic carbocycles. The molecule has 2 rings (SSSR count). The summed E-state index contributed by atoms with van der Waals surface area (Å²) in [6, 6.07) is 8.30. The summed E-state index contributed by atoms with van der Waals surface area (Å²) >= 11 is 0. The van der Waals surface area contributed by atoms with Gasteiger partial charge in [-0.05, 0) is 56.6 Å². The Bertz CT molecular complexity index is 373. The van der Waals surface area contributed by atoms with Crippen molar-refractivity contribution in [3.8, 4) is 0 Å². The second-order valence-electron chi connectivity index (χ2n) is 5.50. The smallest absolute Gasteiger partial charge is 0.0821 e. The van der Waals surface area contributed by atoms with Crippen LogP contribution in [-0.4, -0.2) is 17.8 Å². The Hall–Kier alpha value is -0.860. The van der Waals surface area contributed by atoms with Crippen LogP contribution in [0, 0.1) is 5.92 Å². The second kappa shape index (κ2) is 6.35. The third-order valence-electron chi connectivity index (χ3n) is 3.78. The number of fused-ring (bicyclic) bond motifs is 1. The van der Waals surface area contributed by atoms with Gasteiger partial charge in [-0.3, -0.25) is 0 Å². The van der Waals surface area contributed by atoms with E-state index in [1.165, 1.54) is 12.0 Å². The molecule has 0 fully saturated rings. The average molecular weight is 248 g/mol. The highest BCUT2D eigenvalue weighted by Gasteiger charge is 2.25. The summed E-state index contributed by atoms with van der Waals surface area (Å²) in [6.45, 7) is 4.86. The standard InChI is InChI=1S/C16H24O2/c1-12(2)18-11-10-14-8-5-7-13-6-3-4-9-15(13)16(14)17/h3-4,6,9,12,14,16-17H,5,7-8,10-11H2,1-2H3. The number of hydrogen-bond donors (Lipinski definition) is 1. The predicted octanol–water partition coefficient (Wildman–Crippen LogP) is 3.49. The van der Waals surface area contributed by atoms with E-state index in [0.29, 0.717) is 5.92 Å². The molecule has 0 saturated carbocycles. The molecule has 1 aliphatic carbocycles. The first-order valence-electron chi connectivity index (χ1n) is 7.06. The van der Waals surface area contributed by atoms with E-state index < -0.39 is 0 Å². The number of benzene rings is 1. The molecule has 0 aromatic heterocycles. The molecule has 0 amide bonds. The van der Waals surface area contributed by atoms with Gasteiger partial charge in [0.25, 0.3) is 0 Å². The highest BCUT2D eigenvalue weighted by atomic mass is 16.5. The summed E-state index contributed by atoms with van der Waals surface area (Å²) in [5.41, 5.74) is 2.45. The molecule has 1 aliphatic rings. The van der Waals surface area contributed by atoms with E-state index in [0.717, 1.165) is 31.4 Å². The zero-order chi connectivity index (χ0) is 13.0. The monoisotopic (exact) mass is 248 g/mol. The Morgan fingerprint density at radius 3 is 2.89 bits per heavy atom. The maximum absolute atomic E-state index is 10.5. The Morgan fingerprint density at radius 1 is 1.33 bits per heavy atom. The van der Waals surface area contributed by atoms with Gasteiger partial charge in [-0.2, -0.15) is 0 Å². The van der Waals surface area contributed by atoms with Gasteiger partial charge >= 0.3 is 0 Å². The van der Waals surface area contributed by atoms with E-state index in [1.54, 1.807) is 0 Å². The minimum Gasteiger partial charge on any atom is -0.388 e. The van der Waals surface area contributed by atoms with Crippen LogP contribution in [0.5, 0.6) is 0 Å². The van der Waals surface area contributed by atoms with E-state index in [9.17, 15) is 5.11 Å². The second-order valence-corrected chi connectivity index (χ2v) is 5.50. The fraction of sp³-hybridized carbons (Fsp3) is 0.625. The number of aryl methyl sites for hydroxylation is 1. The van der Waals surface area contributed by atoms with Crippen LogP contribution in [-0.2, 0) is 11.2 Å². The molecule has 0 spiro atoms. The Balaban J connectivity index is 2.01. The fourth-order valence-electron chi connectivity index (χ4n) is 2.77. The van der Waals surface area contributed by atoms with E-state index in [4.69, 9.17) is 4.74 Å². The van der Waals surface area contributed by atoms with Gasteiger partial charge in [0.2, 0.25) is 0 Å². The first kappa shape index (κ1) is 13.6. The highest BCUT2D eigenvalue weighted by molar-refractivity contribution is 5.30. The molecule has 0 aliphatic heterocycles. The van der Waals surface area contributed by atoms with Crippen LogP contribution in [0.15, 0.2) is 24.3 Å². The minimum absolute atomic E-state index is 0.278. The van der Waals surface area contributed by atoms with Crippen LogP contribution < -0.4 is 0 Å². The van der Waals surface area contributed by atoms with Crippen LogP contribution in [0.3, 0.4) is 0 Å². The molecule has 2 nitrogen and oxygen atoms in total.